The number of carbonyl (C=O) groups excluding carboxylic acids is 1. The molecule has 2 aromatic rings. The quantitative estimate of drug-likeness (QED) is 0.823. The predicted molar refractivity (Wildman–Crippen MR) is 98.7 cm³/mol. The Morgan fingerprint density at radius 1 is 1.19 bits per heavy atom. The number of likely N-dealkylation sites (tertiary alicyclic amines) is 1. The summed E-state index contributed by atoms with van der Waals surface area (Å²) in [7, 11) is 1.73. The normalized spacial score (nSPS) is 16.6. The van der Waals surface area contributed by atoms with Crippen LogP contribution in [0.25, 0.3) is 0 Å². The largest absolute Gasteiger partial charge is 0.488 e. The van der Waals surface area contributed by atoms with Crippen LogP contribution in [0.2, 0.25) is 0 Å². The van der Waals surface area contributed by atoms with Gasteiger partial charge in [0.15, 0.2) is 6.61 Å². The smallest absolute Gasteiger partial charge is 0.260 e. The lowest BCUT2D eigenvalue weighted by atomic mass is 10.2. The molecule has 0 radical (unpaired) electrons. The number of carbonyl (C=O) groups is 1. The Labute approximate surface area is 153 Å². The minimum absolute atomic E-state index is 0.0150. The zero-order valence-corrected chi connectivity index (χ0v) is 15.4. The Morgan fingerprint density at radius 2 is 2.00 bits per heavy atom. The molecule has 2 heterocycles. The van der Waals surface area contributed by atoms with Crippen LogP contribution in [0.1, 0.15) is 17.7 Å². The standard InChI is InChI=1S/C20H24N2O4/c1-14-5-4-6-16(9-14)25-13-20(24)22-8-7-17(12-22)26-18-10-15(2)21(3)19(23)11-18/h4-6,9-11,17H,7-8,12-13H2,1-3H3. The molecule has 1 unspecified atom stereocenters. The third kappa shape index (κ3) is 4.25. The molecule has 1 aliphatic heterocycles. The molecule has 1 aliphatic rings. The van der Waals surface area contributed by atoms with E-state index in [1.807, 2.05) is 44.2 Å². The summed E-state index contributed by atoms with van der Waals surface area (Å²) in [5.41, 5.74) is 1.83. The maximum Gasteiger partial charge on any atom is 0.260 e. The topological polar surface area (TPSA) is 60.8 Å². The van der Waals surface area contributed by atoms with Gasteiger partial charge in [-0.1, -0.05) is 12.1 Å². The van der Waals surface area contributed by atoms with Crippen molar-refractivity contribution < 1.29 is 14.3 Å². The average Bonchev–Trinajstić information content (AvgIpc) is 3.06. The Morgan fingerprint density at radius 3 is 2.73 bits per heavy atom. The summed E-state index contributed by atoms with van der Waals surface area (Å²) in [5, 5.41) is 0. The van der Waals surface area contributed by atoms with Crippen LogP contribution in [0.3, 0.4) is 0 Å². The van der Waals surface area contributed by atoms with Gasteiger partial charge in [0, 0.05) is 31.8 Å². The predicted octanol–water partition coefficient (Wildman–Crippen LogP) is 2.06. The van der Waals surface area contributed by atoms with Crippen LogP contribution in [-0.2, 0) is 11.8 Å². The van der Waals surface area contributed by atoms with E-state index in [2.05, 4.69) is 0 Å². The molecule has 138 valence electrons. The SMILES string of the molecule is Cc1cccc(OCC(=O)N2CCC(Oc3cc(C)n(C)c(=O)c3)C2)c1. The fraction of sp³-hybridized carbons (Fsp3) is 0.400. The molecule has 1 aromatic heterocycles. The van der Waals surface area contributed by atoms with Crippen molar-refractivity contribution in [2.24, 2.45) is 7.05 Å². The Kier molecular flexibility index (Phi) is 5.30. The highest BCUT2D eigenvalue weighted by Gasteiger charge is 2.28. The fourth-order valence-electron chi connectivity index (χ4n) is 2.99. The van der Waals surface area contributed by atoms with Gasteiger partial charge in [-0.3, -0.25) is 9.59 Å². The number of pyridine rings is 1. The van der Waals surface area contributed by atoms with Crippen molar-refractivity contribution in [2.75, 3.05) is 19.7 Å². The van der Waals surface area contributed by atoms with E-state index < -0.39 is 0 Å². The highest BCUT2D eigenvalue weighted by molar-refractivity contribution is 5.78. The summed E-state index contributed by atoms with van der Waals surface area (Å²) in [6.45, 7) is 4.99. The van der Waals surface area contributed by atoms with E-state index in [0.29, 0.717) is 24.6 Å². The lowest BCUT2D eigenvalue weighted by molar-refractivity contribution is -0.132. The van der Waals surface area contributed by atoms with Gasteiger partial charge in [-0.25, -0.2) is 0 Å². The molecule has 1 fully saturated rings. The van der Waals surface area contributed by atoms with Crippen LogP contribution in [0.4, 0.5) is 0 Å². The van der Waals surface area contributed by atoms with Crippen LogP contribution in [-0.4, -0.2) is 41.2 Å². The van der Waals surface area contributed by atoms with E-state index in [9.17, 15) is 9.59 Å². The van der Waals surface area contributed by atoms with Gasteiger partial charge in [-0.2, -0.15) is 0 Å². The summed E-state index contributed by atoms with van der Waals surface area (Å²) >= 11 is 0. The average molecular weight is 356 g/mol. The monoisotopic (exact) mass is 356 g/mol. The number of amides is 1. The molecule has 3 rings (SSSR count). The molecule has 6 nitrogen and oxygen atoms in total. The highest BCUT2D eigenvalue weighted by atomic mass is 16.5. The summed E-state index contributed by atoms with van der Waals surface area (Å²) < 4.78 is 13.1. The number of ether oxygens (including phenoxy) is 2. The van der Waals surface area contributed by atoms with Crippen molar-refractivity contribution in [2.45, 2.75) is 26.4 Å². The second kappa shape index (κ2) is 7.64. The van der Waals surface area contributed by atoms with Gasteiger partial charge in [0.1, 0.15) is 17.6 Å². The molecule has 26 heavy (non-hydrogen) atoms. The minimum atomic E-state index is -0.107. The van der Waals surface area contributed by atoms with Gasteiger partial charge in [-0.05, 0) is 37.6 Å². The van der Waals surface area contributed by atoms with E-state index in [-0.39, 0.29) is 24.2 Å². The van der Waals surface area contributed by atoms with Gasteiger partial charge < -0.3 is 18.9 Å². The number of benzene rings is 1. The molecule has 0 aliphatic carbocycles. The van der Waals surface area contributed by atoms with E-state index in [1.165, 1.54) is 6.07 Å². The zero-order valence-electron chi connectivity index (χ0n) is 15.4. The third-order valence-electron chi connectivity index (χ3n) is 4.63. The first-order valence-corrected chi connectivity index (χ1v) is 8.74. The van der Waals surface area contributed by atoms with Gasteiger partial charge in [0.2, 0.25) is 0 Å². The van der Waals surface area contributed by atoms with Crippen LogP contribution >= 0.6 is 0 Å². The van der Waals surface area contributed by atoms with Crippen molar-refractivity contribution in [1.82, 2.24) is 9.47 Å². The van der Waals surface area contributed by atoms with Crippen LogP contribution in [0.15, 0.2) is 41.2 Å². The zero-order chi connectivity index (χ0) is 18.7. The maximum atomic E-state index is 12.3. The molecule has 0 spiro atoms. The van der Waals surface area contributed by atoms with E-state index in [1.54, 1.807) is 16.5 Å². The van der Waals surface area contributed by atoms with Crippen molar-refractivity contribution in [3.8, 4) is 11.5 Å². The summed E-state index contributed by atoms with van der Waals surface area (Å²) in [6.07, 6.45) is 0.634. The number of nitrogens with zero attached hydrogens (tertiary/aromatic N) is 2. The highest BCUT2D eigenvalue weighted by Crippen LogP contribution is 2.19. The van der Waals surface area contributed by atoms with Crippen molar-refractivity contribution >= 4 is 5.91 Å². The van der Waals surface area contributed by atoms with Gasteiger partial charge in [0.25, 0.3) is 11.5 Å². The number of hydrogen-bond donors (Lipinski definition) is 0. The summed E-state index contributed by atoms with van der Waals surface area (Å²) in [6, 6.07) is 11.0. The van der Waals surface area contributed by atoms with Crippen molar-refractivity contribution in [1.29, 1.82) is 0 Å². The van der Waals surface area contributed by atoms with Crippen molar-refractivity contribution in [3.05, 3.63) is 58.0 Å². The van der Waals surface area contributed by atoms with E-state index >= 15 is 0 Å². The summed E-state index contributed by atoms with van der Waals surface area (Å²) in [4.78, 5) is 25.9. The van der Waals surface area contributed by atoms with E-state index in [0.717, 1.165) is 17.7 Å². The van der Waals surface area contributed by atoms with Crippen molar-refractivity contribution in [3.63, 3.8) is 0 Å². The first-order valence-electron chi connectivity index (χ1n) is 8.74. The second-order valence-electron chi connectivity index (χ2n) is 6.70. The third-order valence-corrected chi connectivity index (χ3v) is 4.63. The Balaban J connectivity index is 1.53. The Hall–Kier alpha value is -2.76. The van der Waals surface area contributed by atoms with Crippen LogP contribution < -0.4 is 15.0 Å². The maximum absolute atomic E-state index is 12.3. The number of rotatable bonds is 5. The molecular weight excluding hydrogens is 332 g/mol. The number of hydrogen-bond acceptors (Lipinski definition) is 4. The number of aryl methyl sites for hydroxylation is 2. The fourth-order valence-corrected chi connectivity index (χ4v) is 2.99. The number of aromatic nitrogens is 1. The van der Waals surface area contributed by atoms with E-state index in [4.69, 9.17) is 9.47 Å². The molecular formula is C20H24N2O4. The van der Waals surface area contributed by atoms with Crippen LogP contribution in [0, 0.1) is 13.8 Å². The van der Waals surface area contributed by atoms with Gasteiger partial charge >= 0.3 is 0 Å². The molecule has 1 aromatic carbocycles. The lowest BCUT2D eigenvalue weighted by Crippen LogP contribution is -2.34. The Bertz CT molecular complexity index is 859. The lowest BCUT2D eigenvalue weighted by Gasteiger charge is -2.18. The second-order valence-corrected chi connectivity index (χ2v) is 6.70. The molecule has 0 N–H and O–H groups in total. The first-order chi connectivity index (χ1) is 12.4. The molecule has 1 saturated heterocycles. The molecule has 6 heteroatoms. The minimum Gasteiger partial charge on any atom is -0.488 e. The molecule has 1 atom stereocenters. The first kappa shape index (κ1) is 18.0. The van der Waals surface area contributed by atoms with Crippen LogP contribution in [0.5, 0.6) is 11.5 Å². The summed E-state index contributed by atoms with van der Waals surface area (Å²) in [5.74, 6) is 1.19. The molecule has 1 amide bonds. The molecule has 0 bridgehead atoms. The van der Waals surface area contributed by atoms with Gasteiger partial charge in [-0.15, -0.1) is 0 Å². The molecule has 0 saturated carbocycles. The van der Waals surface area contributed by atoms with Gasteiger partial charge in [0.05, 0.1) is 6.54 Å².